The molecule has 1 aromatic heterocycles. The number of sulfonamides is 1. The van der Waals surface area contributed by atoms with Gasteiger partial charge in [0.05, 0.1) is 11.2 Å². The number of hydrogen-bond acceptors (Lipinski definition) is 5. The first-order valence-corrected chi connectivity index (χ1v) is 10.7. The van der Waals surface area contributed by atoms with Crippen LogP contribution in [0.25, 0.3) is 0 Å². The molecule has 0 unspecified atom stereocenters. The van der Waals surface area contributed by atoms with Gasteiger partial charge in [0.25, 0.3) is 0 Å². The Balaban J connectivity index is 1.70. The molecule has 1 saturated carbocycles. The fourth-order valence-corrected chi connectivity index (χ4v) is 5.90. The van der Waals surface area contributed by atoms with Crippen LogP contribution in [0.3, 0.4) is 0 Å². The highest BCUT2D eigenvalue weighted by Crippen LogP contribution is 2.46. The monoisotopic (exact) mass is 410 g/mol. The topological polar surface area (TPSA) is 96.0 Å². The molecule has 1 aliphatic heterocycles. The van der Waals surface area contributed by atoms with Crippen molar-refractivity contribution in [2.75, 3.05) is 5.75 Å². The van der Waals surface area contributed by atoms with Gasteiger partial charge in [0.15, 0.2) is 0 Å². The van der Waals surface area contributed by atoms with Gasteiger partial charge in [-0.2, -0.15) is 4.31 Å². The van der Waals surface area contributed by atoms with E-state index in [1.54, 1.807) is 6.92 Å². The van der Waals surface area contributed by atoms with E-state index >= 15 is 4.39 Å². The van der Waals surface area contributed by atoms with Crippen molar-refractivity contribution in [1.82, 2.24) is 19.5 Å². The standard InChI is InChI=1S/C18H20F2N4O3S/c1-11-3-2-4-28(26,27)24(11)9-12-5-16(20)14(6-15(12)19)18(7-13(25)8-18)17-21-10-22-23-17/h5-6,10-11H,2-4,7-9H2,1H3,(H,21,22,23)/t11-/m0/s1. The normalized spacial score (nSPS) is 24.1. The fourth-order valence-electron chi connectivity index (χ4n) is 4.14. The quantitative estimate of drug-likeness (QED) is 0.832. The number of ketones is 1. The number of carbonyl (C=O) groups excluding carboxylic acids is 1. The van der Waals surface area contributed by atoms with Gasteiger partial charge in [-0.15, -0.1) is 10.2 Å². The molecule has 4 rings (SSSR count). The number of hydrogen-bond donors (Lipinski definition) is 1. The van der Waals surface area contributed by atoms with Gasteiger partial charge in [-0.05, 0) is 31.9 Å². The van der Waals surface area contributed by atoms with Gasteiger partial charge < -0.3 is 4.98 Å². The van der Waals surface area contributed by atoms with Crippen LogP contribution in [-0.2, 0) is 26.8 Å². The van der Waals surface area contributed by atoms with Crippen molar-refractivity contribution < 1.29 is 22.0 Å². The molecule has 7 nitrogen and oxygen atoms in total. The van der Waals surface area contributed by atoms with E-state index in [-0.39, 0.29) is 48.1 Å². The van der Waals surface area contributed by atoms with Gasteiger partial charge in [-0.1, -0.05) is 0 Å². The molecule has 0 radical (unpaired) electrons. The lowest BCUT2D eigenvalue weighted by Gasteiger charge is -2.39. The predicted octanol–water partition coefficient (Wildman–Crippen LogP) is 2.05. The van der Waals surface area contributed by atoms with E-state index in [1.807, 2.05) is 0 Å². The van der Waals surface area contributed by atoms with E-state index in [0.29, 0.717) is 18.7 Å². The smallest absolute Gasteiger partial charge is 0.214 e. The SMILES string of the molecule is C[C@H]1CCCS(=O)(=O)N1Cc1cc(F)c(C2(c3nnc[nH]3)CC(=O)C2)cc1F. The molecule has 1 N–H and O–H groups in total. The van der Waals surface area contributed by atoms with Crippen molar-refractivity contribution in [3.05, 3.63) is 47.0 Å². The van der Waals surface area contributed by atoms with Crippen molar-refractivity contribution in [3.63, 3.8) is 0 Å². The molecule has 1 saturated heterocycles. The number of aromatic amines is 1. The predicted molar refractivity (Wildman–Crippen MR) is 95.8 cm³/mol. The van der Waals surface area contributed by atoms with Crippen LogP contribution in [0, 0.1) is 11.6 Å². The highest BCUT2D eigenvalue weighted by molar-refractivity contribution is 7.89. The van der Waals surface area contributed by atoms with Crippen molar-refractivity contribution in [1.29, 1.82) is 0 Å². The summed E-state index contributed by atoms with van der Waals surface area (Å²) >= 11 is 0. The molecule has 1 aliphatic carbocycles. The molecule has 2 aromatic rings. The first-order valence-electron chi connectivity index (χ1n) is 9.09. The van der Waals surface area contributed by atoms with E-state index in [9.17, 15) is 17.6 Å². The third-order valence-corrected chi connectivity index (χ3v) is 7.73. The van der Waals surface area contributed by atoms with Gasteiger partial charge in [0.2, 0.25) is 10.0 Å². The minimum Gasteiger partial charge on any atom is -0.331 e. The zero-order valence-electron chi connectivity index (χ0n) is 15.3. The molecular formula is C18H20F2N4O3S. The summed E-state index contributed by atoms with van der Waals surface area (Å²) in [5.41, 5.74) is -1.07. The second kappa shape index (κ2) is 6.70. The first-order chi connectivity index (χ1) is 13.2. The van der Waals surface area contributed by atoms with Crippen LogP contribution in [0.1, 0.15) is 49.6 Å². The van der Waals surface area contributed by atoms with Gasteiger partial charge >= 0.3 is 0 Å². The van der Waals surface area contributed by atoms with Crippen molar-refractivity contribution in [3.8, 4) is 0 Å². The molecular weight excluding hydrogens is 390 g/mol. The van der Waals surface area contributed by atoms with E-state index in [1.165, 1.54) is 10.6 Å². The zero-order valence-corrected chi connectivity index (χ0v) is 16.1. The molecule has 2 aliphatic rings. The number of nitrogens with zero attached hydrogens (tertiary/aromatic N) is 3. The van der Waals surface area contributed by atoms with E-state index in [4.69, 9.17) is 0 Å². The van der Waals surface area contributed by atoms with Gasteiger partial charge in [-0.3, -0.25) is 4.79 Å². The molecule has 0 spiro atoms. The summed E-state index contributed by atoms with van der Waals surface area (Å²) in [7, 11) is -3.50. The second-order valence-corrected chi connectivity index (χ2v) is 9.63. The van der Waals surface area contributed by atoms with E-state index in [0.717, 1.165) is 12.1 Å². The van der Waals surface area contributed by atoms with Crippen molar-refractivity contribution in [2.24, 2.45) is 0 Å². The van der Waals surface area contributed by atoms with Crippen LogP contribution >= 0.6 is 0 Å². The molecule has 10 heteroatoms. The number of carbonyl (C=O) groups is 1. The number of aromatic nitrogens is 3. The van der Waals surface area contributed by atoms with Crippen molar-refractivity contribution in [2.45, 2.75) is 50.6 Å². The molecule has 2 heterocycles. The number of benzene rings is 1. The molecule has 28 heavy (non-hydrogen) atoms. The Kier molecular flexibility index (Phi) is 4.58. The largest absolute Gasteiger partial charge is 0.331 e. The molecule has 2 fully saturated rings. The molecule has 1 atom stereocenters. The van der Waals surface area contributed by atoms with Crippen LogP contribution in [0.2, 0.25) is 0 Å². The lowest BCUT2D eigenvalue weighted by atomic mass is 9.63. The Morgan fingerprint density at radius 1 is 1.29 bits per heavy atom. The minimum atomic E-state index is -3.50. The summed E-state index contributed by atoms with van der Waals surface area (Å²) in [6.07, 6.45) is 2.58. The maximum absolute atomic E-state index is 15.0. The summed E-state index contributed by atoms with van der Waals surface area (Å²) in [5.74, 6) is -1.15. The average molecular weight is 410 g/mol. The number of H-pyrrole nitrogens is 1. The Morgan fingerprint density at radius 3 is 2.64 bits per heavy atom. The lowest BCUT2D eigenvalue weighted by molar-refractivity contribution is -0.127. The Bertz CT molecular complexity index is 1020. The Labute approximate surface area is 161 Å². The number of Topliss-reactive ketones (excluding diaryl/α,β-unsaturated/α-hetero) is 1. The third kappa shape index (κ3) is 3.04. The van der Waals surface area contributed by atoms with Crippen LogP contribution in [-0.4, -0.2) is 45.5 Å². The summed E-state index contributed by atoms with van der Waals surface area (Å²) in [5, 5.41) is 7.59. The third-order valence-electron chi connectivity index (χ3n) is 5.72. The molecule has 0 amide bonds. The van der Waals surface area contributed by atoms with Gasteiger partial charge in [-0.25, -0.2) is 17.2 Å². The van der Waals surface area contributed by atoms with Crippen LogP contribution in [0.15, 0.2) is 18.5 Å². The van der Waals surface area contributed by atoms with Crippen molar-refractivity contribution >= 4 is 15.8 Å². The summed E-state index contributed by atoms with van der Waals surface area (Å²) in [4.78, 5) is 14.5. The van der Waals surface area contributed by atoms with Crippen LogP contribution in [0.4, 0.5) is 8.78 Å². The molecule has 0 bridgehead atoms. The maximum Gasteiger partial charge on any atom is 0.214 e. The zero-order chi connectivity index (χ0) is 20.1. The number of halogens is 2. The lowest BCUT2D eigenvalue weighted by Crippen LogP contribution is -2.45. The second-order valence-electron chi connectivity index (χ2n) is 7.59. The van der Waals surface area contributed by atoms with Gasteiger partial charge in [0, 0.05) is 36.6 Å². The first kappa shape index (κ1) is 19.1. The highest BCUT2D eigenvalue weighted by Gasteiger charge is 2.50. The maximum atomic E-state index is 15.0. The van der Waals surface area contributed by atoms with Crippen LogP contribution < -0.4 is 0 Å². The number of rotatable bonds is 4. The van der Waals surface area contributed by atoms with E-state index in [2.05, 4.69) is 15.2 Å². The van der Waals surface area contributed by atoms with Crippen LogP contribution in [0.5, 0.6) is 0 Å². The summed E-state index contributed by atoms with van der Waals surface area (Å²) < 4.78 is 55.7. The summed E-state index contributed by atoms with van der Waals surface area (Å²) in [6, 6.07) is 1.81. The molecule has 150 valence electrons. The summed E-state index contributed by atoms with van der Waals surface area (Å²) in [6.45, 7) is 1.54. The number of nitrogens with one attached hydrogen (secondary N) is 1. The minimum absolute atomic E-state index is 0.00936. The van der Waals surface area contributed by atoms with E-state index < -0.39 is 27.1 Å². The fraction of sp³-hybridized carbons (Fsp3) is 0.500. The Morgan fingerprint density at radius 2 is 2.04 bits per heavy atom. The molecule has 1 aromatic carbocycles. The average Bonchev–Trinajstić information content (AvgIpc) is 3.12. The van der Waals surface area contributed by atoms with Gasteiger partial charge in [0.1, 0.15) is 29.6 Å². The highest BCUT2D eigenvalue weighted by atomic mass is 32.2. The Hall–Kier alpha value is -2.20.